The van der Waals surface area contributed by atoms with E-state index in [0.717, 1.165) is 30.3 Å². The molecular formula is C13H13N3O3S. The smallest absolute Gasteiger partial charge is 0.298 e. The number of nitrogens with zero attached hydrogens (tertiary/aromatic N) is 2. The minimum absolute atomic E-state index is 0.0540. The Balaban J connectivity index is 2.02. The van der Waals surface area contributed by atoms with E-state index in [1.54, 1.807) is 4.90 Å². The lowest BCUT2D eigenvalue weighted by atomic mass is 10.0. The third-order valence-electron chi connectivity index (χ3n) is 3.45. The van der Waals surface area contributed by atoms with E-state index in [1.165, 1.54) is 0 Å². The number of carbonyl (C=O) groups is 1. The van der Waals surface area contributed by atoms with Crippen LogP contribution in [0.2, 0.25) is 0 Å². The number of nitrogens with two attached hydrogens (primary N) is 1. The van der Waals surface area contributed by atoms with Gasteiger partial charge in [-0.2, -0.15) is 12.8 Å². The van der Waals surface area contributed by atoms with Crippen LogP contribution in [0.1, 0.15) is 12.0 Å². The molecule has 0 aliphatic carbocycles. The number of anilines is 1. The molecule has 0 saturated heterocycles. The van der Waals surface area contributed by atoms with Gasteiger partial charge in [0.2, 0.25) is 0 Å². The number of amides is 1. The number of hydrogen-bond donors (Lipinski definition) is 1. The molecule has 104 valence electrons. The average molecular weight is 291 g/mol. The first-order chi connectivity index (χ1) is 9.50. The van der Waals surface area contributed by atoms with Crippen molar-refractivity contribution < 1.29 is 13.2 Å². The normalized spacial score (nSPS) is 20.1. The molecule has 0 spiro atoms. The lowest BCUT2D eigenvalue weighted by Crippen LogP contribution is -2.37. The zero-order valence-electron chi connectivity index (χ0n) is 10.6. The predicted octanol–water partition coefficient (Wildman–Crippen LogP) is 0.550. The quantitative estimate of drug-likeness (QED) is 0.817. The van der Waals surface area contributed by atoms with E-state index in [1.807, 2.05) is 24.3 Å². The van der Waals surface area contributed by atoms with Crippen molar-refractivity contribution in [2.75, 3.05) is 11.4 Å². The minimum atomic E-state index is -3.86. The second-order valence-electron chi connectivity index (χ2n) is 4.68. The molecule has 0 fully saturated rings. The van der Waals surface area contributed by atoms with E-state index in [0.29, 0.717) is 6.54 Å². The minimum Gasteiger partial charge on any atom is -0.387 e. The summed E-state index contributed by atoms with van der Waals surface area (Å²) in [5, 5.41) is -0.467. The zero-order chi connectivity index (χ0) is 14.3. The van der Waals surface area contributed by atoms with E-state index in [9.17, 15) is 13.2 Å². The summed E-state index contributed by atoms with van der Waals surface area (Å²) in [5.41, 5.74) is 7.33. The molecular weight excluding hydrogens is 278 g/mol. The van der Waals surface area contributed by atoms with Gasteiger partial charge in [-0.05, 0) is 24.5 Å². The van der Waals surface area contributed by atoms with Crippen molar-refractivity contribution in [3.8, 4) is 0 Å². The van der Waals surface area contributed by atoms with Gasteiger partial charge < -0.3 is 10.6 Å². The highest BCUT2D eigenvalue weighted by Crippen LogP contribution is 2.29. The van der Waals surface area contributed by atoms with E-state index in [4.69, 9.17) is 5.73 Å². The number of fused-ring (bicyclic) bond motifs is 1. The van der Waals surface area contributed by atoms with Crippen LogP contribution in [0.5, 0.6) is 0 Å². The number of rotatable bonds is 1. The van der Waals surface area contributed by atoms with Crippen LogP contribution in [0.25, 0.3) is 0 Å². The summed E-state index contributed by atoms with van der Waals surface area (Å²) in [6.45, 7) is 0.542. The van der Waals surface area contributed by atoms with Crippen LogP contribution in [0.3, 0.4) is 0 Å². The third-order valence-corrected chi connectivity index (χ3v) is 4.61. The number of aryl methyl sites for hydroxylation is 1. The molecule has 3 rings (SSSR count). The molecule has 1 amide bonds. The number of sulfonamides is 1. The summed E-state index contributed by atoms with van der Waals surface area (Å²) in [6, 6.07) is 7.58. The largest absolute Gasteiger partial charge is 0.387 e. The van der Waals surface area contributed by atoms with Gasteiger partial charge in [0, 0.05) is 12.2 Å². The highest BCUT2D eigenvalue weighted by molar-refractivity contribution is 7.94. The fraction of sp³-hybridized carbons (Fsp3) is 0.231. The highest BCUT2D eigenvalue weighted by atomic mass is 32.2. The Bertz CT molecular complexity index is 750. The van der Waals surface area contributed by atoms with E-state index < -0.39 is 21.0 Å². The average Bonchev–Trinajstić information content (AvgIpc) is 2.72. The van der Waals surface area contributed by atoms with E-state index >= 15 is 0 Å². The Hall–Kier alpha value is -2.15. The molecule has 0 bridgehead atoms. The molecule has 0 atom stereocenters. The van der Waals surface area contributed by atoms with Crippen LogP contribution in [0.15, 0.2) is 39.3 Å². The summed E-state index contributed by atoms with van der Waals surface area (Å²) in [4.78, 5) is 14.1. The van der Waals surface area contributed by atoms with Crippen LogP contribution >= 0.6 is 0 Å². The van der Waals surface area contributed by atoms with Crippen molar-refractivity contribution in [2.24, 2.45) is 10.1 Å². The van der Waals surface area contributed by atoms with Gasteiger partial charge in [-0.1, -0.05) is 18.2 Å². The van der Waals surface area contributed by atoms with Crippen molar-refractivity contribution in [3.63, 3.8) is 0 Å². The molecule has 1 aromatic rings. The molecule has 2 aliphatic heterocycles. The molecule has 2 N–H and O–H groups in total. The van der Waals surface area contributed by atoms with Crippen molar-refractivity contribution in [3.05, 3.63) is 40.4 Å². The first-order valence-electron chi connectivity index (χ1n) is 6.20. The Labute approximate surface area is 116 Å². The van der Waals surface area contributed by atoms with Gasteiger partial charge in [0.05, 0.1) is 11.8 Å². The van der Waals surface area contributed by atoms with Crippen LogP contribution in [0.4, 0.5) is 5.69 Å². The Kier molecular flexibility index (Phi) is 2.86. The van der Waals surface area contributed by atoms with Crippen molar-refractivity contribution in [2.45, 2.75) is 12.8 Å². The Morgan fingerprint density at radius 2 is 2.05 bits per heavy atom. The number of para-hydroxylation sites is 1. The SMILES string of the molecule is NC1=C(C(=O)N2CCCc3ccccc32)C=NS1(=O)=O. The molecule has 0 unspecified atom stereocenters. The first-order valence-corrected chi connectivity index (χ1v) is 7.64. The van der Waals surface area contributed by atoms with E-state index in [2.05, 4.69) is 4.40 Å². The van der Waals surface area contributed by atoms with Crippen LogP contribution in [0, 0.1) is 0 Å². The summed E-state index contributed by atoms with van der Waals surface area (Å²) in [6.07, 6.45) is 2.77. The van der Waals surface area contributed by atoms with Crippen LogP contribution in [-0.4, -0.2) is 27.1 Å². The molecule has 20 heavy (non-hydrogen) atoms. The number of hydrogen-bond acceptors (Lipinski definition) is 4. The summed E-state index contributed by atoms with van der Waals surface area (Å²) in [5.74, 6) is -0.417. The number of carbonyl (C=O) groups excluding carboxylic acids is 1. The molecule has 0 radical (unpaired) electrons. The maximum absolute atomic E-state index is 12.5. The first kappa shape index (κ1) is 12.9. The van der Waals surface area contributed by atoms with Gasteiger partial charge in [0.1, 0.15) is 0 Å². The lowest BCUT2D eigenvalue weighted by molar-refractivity contribution is -0.114. The zero-order valence-corrected chi connectivity index (χ0v) is 11.4. The second kappa shape index (κ2) is 4.45. The highest BCUT2D eigenvalue weighted by Gasteiger charge is 2.32. The topological polar surface area (TPSA) is 92.8 Å². The Morgan fingerprint density at radius 1 is 1.30 bits per heavy atom. The van der Waals surface area contributed by atoms with Gasteiger partial charge in [-0.15, -0.1) is 0 Å². The van der Waals surface area contributed by atoms with Gasteiger partial charge in [-0.25, -0.2) is 0 Å². The Morgan fingerprint density at radius 3 is 2.75 bits per heavy atom. The lowest BCUT2D eigenvalue weighted by Gasteiger charge is -2.29. The molecule has 6 nitrogen and oxygen atoms in total. The molecule has 7 heteroatoms. The third kappa shape index (κ3) is 1.90. The number of benzene rings is 1. The van der Waals surface area contributed by atoms with Crippen molar-refractivity contribution >= 4 is 27.8 Å². The molecule has 1 aromatic carbocycles. The summed E-state index contributed by atoms with van der Waals surface area (Å²) < 4.78 is 26.2. The summed E-state index contributed by atoms with van der Waals surface area (Å²) in [7, 11) is -3.86. The van der Waals surface area contributed by atoms with Gasteiger partial charge in [0.25, 0.3) is 15.9 Å². The molecule has 0 aromatic heterocycles. The van der Waals surface area contributed by atoms with Gasteiger partial charge in [0.15, 0.2) is 5.03 Å². The fourth-order valence-electron chi connectivity index (χ4n) is 2.43. The summed E-state index contributed by atoms with van der Waals surface area (Å²) >= 11 is 0. The molecule has 0 saturated carbocycles. The van der Waals surface area contributed by atoms with E-state index in [-0.39, 0.29) is 5.57 Å². The monoisotopic (exact) mass is 291 g/mol. The maximum Gasteiger partial charge on any atom is 0.298 e. The fourth-order valence-corrected chi connectivity index (χ4v) is 3.21. The van der Waals surface area contributed by atoms with Crippen LogP contribution in [-0.2, 0) is 21.2 Å². The van der Waals surface area contributed by atoms with Gasteiger partial charge in [-0.3, -0.25) is 4.79 Å². The van der Waals surface area contributed by atoms with Gasteiger partial charge >= 0.3 is 0 Å². The van der Waals surface area contributed by atoms with Crippen LogP contribution < -0.4 is 10.6 Å². The molecule has 2 heterocycles. The van der Waals surface area contributed by atoms with Crippen molar-refractivity contribution in [1.82, 2.24) is 0 Å². The standard InChI is InChI=1S/C13H13N3O3S/c14-12-10(8-15-20(12,18)19)13(17)16-7-3-5-9-4-1-2-6-11(9)16/h1-2,4,6,8H,3,5,7,14H2. The molecule has 2 aliphatic rings. The predicted molar refractivity (Wildman–Crippen MR) is 75.7 cm³/mol. The van der Waals surface area contributed by atoms with Crippen molar-refractivity contribution in [1.29, 1.82) is 0 Å². The second-order valence-corrected chi connectivity index (χ2v) is 6.28. The maximum atomic E-state index is 12.5.